The number of hydrogen-bond donors (Lipinski definition) is 2. The van der Waals surface area contributed by atoms with Crippen molar-refractivity contribution >= 4 is 13.8 Å². The molecule has 3 rings (SSSR count). The maximum Gasteiger partial charge on any atom is 0.472 e. The van der Waals surface area contributed by atoms with Gasteiger partial charge in [-0.15, -0.1) is 0 Å². The number of hydrogen-bond acceptors (Lipinski definition) is 6. The molecule has 2 aromatic carbocycles. The van der Waals surface area contributed by atoms with Gasteiger partial charge in [0.25, 0.3) is 0 Å². The minimum absolute atomic E-state index is 0.0254. The first-order valence-electron chi connectivity index (χ1n) is 14.1. The molecule has 0 spiro atoms. The van der Waals surface area contributed by atoms with Crippen molar-refractivity contribution in [2.45, 2.75) is 84.7 Å². The molecule has 8 heteroatoms. The van der Waals surface area contributed by atoms with Gasteiger partial charge in [-0.2, -0.15) is 0 Å². The summed E-state index contributed by atoms with van der Waals surface area (Å²) < 4.78 is 28.1. The van der Waals surface area contributed by atoms with Crippen LogP contribution in [-0.2, 0) is 31.4 Å². The summed E-state index contributed by atoms with van der Waals surface area (Å²) in [6, 6.07) is 12.7. The van der Waals surface area contributed by atoms with Gasteiger partial charge in [0, 0.05) is 17.9 Å². The van der Waals surface area contributed by atoms with Crippen LogP contribution in [0.3, 0.4) is 0 Å². The van der Waals surface area contributed by atoms with E-state index in [9.17, 15) is 19.4 Å². The molecule has 2 N–H and O–H groups in total. The van der Waals surface area contributed by atoms with E-state index in [0.29, 0.717) is 11.3 Å². The third-order valence-corrected chi connectivity index (χ3v) is 8.17. The lowest BCUT2D eigenvalue weighted by molar-refractivity contribution is -0.134. The van der Waals surface area contributed by atoms with Gasteiger partial charge in [0.15, 0.2) is 0 Å². The van der Waals surface area contributed by atoms with Crippen molar-refractivity contribution in [1.29, 1.82) is 0 Å². The van der Waals surface area contributed by atoms with Crippen molar-refractivity contribution in [3.63, 3.8) is 0 Å². The second-order valence-corrected chi connectivity index (χ2v) is 12.1. The lowest BCUT2D eigenvalue weighted by Gasteiger charge is -2.32. The van der Waals surface area contributed by atoms with Crippen molar-refractivity contribution in [2.75, 3.05) is 6.61 Å². The molecule has 1 unspecified atom stereocenters. The first-order chi connectivity index (χ1) is 19.1. The number of ether oxygens (including phenoxy) is 1. The van der Waals surface area contributed by atoms with E-state index in [2.05, 4.69) is 26.5 Å². The zero-order valence-electron chi connectivity index (χ0n) is 23.9. The van der Waals surface area contributed by atoms with Crippen LogP contribution in [0.4, 0.5) is 0 Å². The predicted molar refractivity (Wildman–Crippen MR) is 157 cm³/mol. The summed E-state index contributed by atoms with van der Waals surface area (Å²) in [6.45, 7) is 10.2. The molecule has 0 fully saturated rings. The second-order valence-electron chi connectivity index (χ2n) is 10.7. The molecule has 40 heavy (non-hydrogen) atoms. The van der Waals surface area contributed by atoms with Crippen LogP contribution in [0.15, 0.2) is 66.3 Å². The maximum absolute atomic E-state index is 12.9. The van der Waals surface area contributed by atoms with E-state index in [1.54, 1.807) is 18.2 Å². The molecule has 0 saturated carbocycles. The number of unbranched alkanes of at least 4 members (excludes halogenated alkanes) is 2. The number of carbonyl (C=O) groups excluding carboxylic acids is 1. The van der Waals surface area contributed by atoms with Gasteiger partial charge in [-0.1, -0.05) is 73.9 Å². The van der Waals surface area contributed by atoms with E-state index >= 15 is 0 Å². The van der Waals surface area contributed by atoms with Crippen molar-refractivity contribution in [1.82, 2.24) is 0 Å². The highest BCUT2D eigenvalue weighted by molar-refractivity contribution is 7.47. The van der Waals surface area contributed by atoms with Crippen molar-refractivity contribution in [3.8, 4) is 11.5 Å². The monoisotopic (exact) mass is 570 g/mol. The van der Waals surface area contributed by atoms with Crippen LogP contribution in [0.1, 0.15) is 88.3 Å². The summed E-state index contributed by atoms with van der Waals surface area (Å²) in [5.74, 6) is -0.0424. The third kappa shape index (κ3) is 9.74. The van der Waals surface area contributed by atoms with Crippen LogP contribution in [0.5, 0.6) is 11.5 Å². The number of carbonyl (C=O) groups is 1. The van der Waals surface area contributed by atoms with E-state index < -0.39 is 13.8 Å². The Labute approximate surface area is 238 Å². The van der Waals surface area contributed by atoms with Crippen molar-refractivity contribution in [3.05, 3.63) is 83.0 Å². The van der Waals surface area contributed by atoms with E-state index in [-0.39, 0.29) is 43.6 Å². The van der Waals surface area contributed by atoms with Crippen molar-refractivity contribution < 1.29 is 33.1 Å². The van der Waals surface area contributed by atoms with Crippen molar-refractivity contribution in [2.24, 2.45) is 5.92 Å². The predicted octanol–water partition coefficient (Wildman–Crippen LogP) is 8.16. The molecule has 7 nitrogen and oxygen atoms in total. The quantitative estimate of drug-likeness (QED) is 0.0732. The lowest BCUT2D eigenvalue weighted by Crippen LogP contribution is -2.19. The smallest absolute Gasteiger partial charge is 0.472 e. The Morgan fingerprint density at radius 2 is 1.85 bits per heavy atom. The normalized spacial score (nSPS) is 18.6. The average Bonchev–Trinajstić information content (AvgIpc) is 2.90. The summed E-state index contributed by atoms with van der Waals surface area (Å²) in [5.41, 5.74) is 4.52. The molecular formula is C32H43O7P. The van der Waals surface area contributed by atoms with Gasteiger partial charge >= 0.3 is 13.8 Å². The summed E-state index contributed by atoms with van der Waals surface area (Å²) >= 11 is 0. The highest BCUT2D eigenvalue weighted by Gasteiger charge is 2.31. The van der Waals surface area contributed by atoms with E-state index in [0.717, 1.165) is 55.2 Å². The van der Waals surface area contributed by atoms with E-state index in [1.165, 1.54) is 5.57 Å². The Morgan fingerprint density at radius 1 is 1.10 bits per heavy atom. The fraction of sp³-hybridized carbons (Fsp3) is 0.469. The number of phenols is 1. The van der Waals surface area contributed by atoms with Gasteiger partial charge in [-0.25, -0.2) is 4.57 Å². The fourth-order valence-corrected chi connectivity index (χ4v) is 5.80. The van der Waals surface area contributed by atoms with Gasteiger partial charge < -0.3 is 14.7 Å². The molecule has 218 valence electrons. The van der Waals surface area contributed by atoms with Gasteiger partial charge in [-0.05, 0) is 75.1 Å². The van der Waals surface area contributed by atoms with Crippen LogP contribution in [0, 0.1) is 5.92 Å². The zero-order valence-corrected chi connectivity index (χ0v) is 24.8. The number of aromatic hydroxyl groups is 1. The number of allylic oxidation sites excluding steroid dienone is 3. The number of benzene rings is 2. The largest absolute Gasteiger partial charge is 0.507 e. The summed E-state index contributed by atoms with van der Waals surface area (Å²) in [6.07, 6.45) is 8.08. The van der Waals surface area contributed by atoms with Crippen LogP contribution in [0.2, 0.25) is 0 Å². The topological polar surface area (TPSA) is 102 Å². The maximum atomic E-state index is 12.9. The minimum atomic E-state index is -4.26. The van der Waals surface area contributed by atoms with Gasteiger partial charge in [0.05, 0.1) is 13.2 Å². The van der Waals surface area contributed by atoms with Crippen LogP contribution in [0.25, 0.3) is 0 Å². The molecule has 2 aromatic rings. The number of rotatable bonds is 15. The summed E-state index contributed by atoms with van der Waals surface area (Å²) in [5, 5.41) is 11.2. The fourth-order valence-electron chi connectivity index (χ4n) is 5.05. The third-order valence-electron chi connectivity index (χ3n) is 7.20. The first kappa shape index (κ1) is 31.8. The van der Waals surface area contributed by atoms with E-state index in [4.69, 9.17) is 13.8 Å². The number of phosphoric ester groups is 1. The van der Waals surface area contributed by atoms with Crippen LogP contribution < -0.4 is 4.74 Å². The molecule has 0 aromatic heterocycles. The molecule has 1 aliphatic rings. The number of esters is 1. The Kier molecular flexibility index (Phi) is 12.2. The van der Waals surface area contributed by atoms with Crippen LogP contribution in [-0.4, -0.2) is 22.6 Å². The Bertz CT molecular complexity index is 1220. The number of aryl methyl sites for hydroxylation is 1. The molecule has 0 bridgehead atoms. The molecule has 0 amide bonds. The summed E-state index contributed by atoms with van der Waals surface area (Å²) in [7, 11) is -4.26. The highest BCUT2D eigenvalue weighted by Crippen LogP contribution is 2.47. The van der Waals surface area contributed by atoms with Gasteiger partial charge in [0.1, 0.15) is 11.5 Å². The van der Waals surface area contributed by atoms with Crippen LogP contribution >= 0.6 is 7.82 Å². The average molecular weight is 571 g/mol. The Morgan fingerprint density at radius 3 is 2.55 bits per heavy atom. The van der Waals surface area contributed by atoms with Gasteiger partial charge in [-0.3, -0.25) is 13.8 Å². The Balaban J connectivity index is 1.68. The molecular weight excluding hydrogens is 527 g/mol. The number of phenolic OH excluding ortho intramolecular Hbond substituents is 1. The lowest BCUT2D eigenvalue weighted by atomic mass is 9.73. The highest BCUT2D eigenvalue weighted by atomic mass is 31.2. The molecule has 0 radical (unpaired) electrons. The second kappa shape index (κ2) is 15.3. The number of phosphoric acid groups is 1. The van der Waals surface area contributed by atoms with E-state index in [1.807, 2.05) is 31.2 Å². The summed E-state index contributed by atoms with van der Waals surface area (Å²) in [4.78, 5) is 22.8. The molecule has 0 saturated heterocycles. The minimum Gasteiger partial charge on any atom is -0.507 e. The molecule has 3 atom stereocenters. The first-order valence-corrected chi connectivity index (χ1v) is 15.6. The standard InChI is InChI=1S/C32H43O7P/c1-5-6-8-14-26-20-29(33)32(28-19-24(4)16-17-27(28)23(2)3)30(21-26)39-31(34)15-11-18-37-40(35,36)38-22-25-12-9-7-10-13-25/h7,9-10,12-13,19-21,27-28,33H,2,5-6,8,11,14-18,22H2,1,3-4H3,(H,35,36)/t27-,28+/m0/s1. The Hall–Kier alpha value is -2.70. The molecule has 0 aliphatic heterocycles. The molecule has 1 aliphatic carbocycles. The van der Waals surface area contributed by atoms with Gasteiger partial charge in [0.2, 0.25) is 0 Å². The SMILES string of the molecule is C=C(C)[C@@H]1CCC(C)=C[C@H]1c1c(O)cc(CCCCC)cc1OC(=O)CCCOP(=O)(O)OCc1ccccc1. The zero-order chi connectivity index (χ0) is 29.1. The molecule has 0 heterocycles.